The summed E-state index contributed by atoms with van der Waals surface area (Å²) < 4.78 is 5.62. The van der Waals surface area contributed by atoms with Gasteiger partial charge >= 0.3 is 0 Å². The number of ether oxygens (including phenoxy) is 1. The maximum Gasteiger partial charge on any atom is 0.271 e. The molecule has 0 unspecified atom stereocenters. The van der Waals surface area contributed by atoms with Crippen LogP contribution in [-0.2, 0) is 6.54 Å². The minimum Gasteiger partial charge on any atom is -0.491 e. The Morgan fingerprint density at radius 2 is 1.82 bits per heavy atom. The van der Waals surface area contributed by atoms with Gasteiger partial charge in [-0.1, -0.05) is 29.8 Å². The quantitative estimate of drug-likeness (QED) is 0.610. The lowest BCUT2D eigenvalue weighted by molar-refractivity contribution is 0.0945. The van der Waals surface area contributed by atoms with E-state index in [1.54, 1.807) is 6.07 Å². The topological polar surface area (TPSA) is 76.1 Å². The van der Waals surface area contributed by atoms with E-state index in [2.05, 4.69) is 20.6 Å². The average molecular weight is 397 g/mol. The Balaban J connectivity index is 1.57. The summed E-state index contributed by atoms with van der Waals surface area (Å²) in [6.45, 7) is 4.28. The second-order valence-corrected chi connectivity index (χ2v) is 6.78. The third-order valence-corrected chi connectivity index (χ3v) is 4.15. The molecule has 0 atom stereocenters. The van der Waals surface area contributed by atoms with Crippen LogP contribution in [0.2, 0.25) is 5.02 Å². The number of carbonyl (C=O) groups excluding carboxylic acids is 1. The summed E-state index contributed by atoms with van der Waals surface area (Å²) in [6.07, 6.45) is 3.07. The molecule has 0 aliphatic rings. The molecule has 0 radical (unpaired) electrons. The van der Waals surface area contributed by atoms with Gasteiger partial charge in [0, 0.05) is 17.3 Å². The lowest BCUT2D eigenvalue weighted by Gasteiger charge is -2.11. The number of hydrogen-bond donors (Lipinski definition) is 2. The number of rotatable bonds is 7. The number of anilines is 2. The number of carbonyl (C=O) groups is 1. The van der Waals surface area contributed by atoms with Crippen molar-refractivity contribution in [1.82, 2.24) is 15.3 Å². The van der Waals surface area contributed by atoms with Crippen molar-refractivity contribution in [3.05, 3.63) is 77.2 Å². The number of halogens is 1. The minimum absolute atomic E-state index is 0.126. The highest BCUT2D eigenvalue weighted by Crippen LogP contribution is 2.19. The molecule has 0 aliphatic heterocycles. The average Bonchev–Trinajstić information content (AvgIpc) is 2.69. The molecule has 7 heteroatoms. The third kappa shape index (κ3) is 5.44. The molecular formula is C21H21ClN4O2. The van der Waals surface area contributed by atoms with Crippen molar-refractivity contribution < 1.29 is 9.53 Å². The van der Waals surface area contributed by atoms with Crippen LogP contribution in [0.4, 0.5) is 11.5 Å². The lowest BCUT2D eigenvalue weighted by atomic mass is 10.2. The van der Waals surface area contributed by atoms with Crippen LogP contribution < -0.4 is 15.4 Å². The molecule has 1 heterocycles. The first-order valence-corrected chi connectivity index (χ1v) is 9.26. The van der Waals surface area contributed by atoms with Crippen molar-refractivity contribution in [2.45, 2.75) is 26.5 Å². The van der Waals surface area contributed by atoms with E-state index in [0.29, 0.717) is 17.4 Å². The minimum atomic E-state index is -0.311. The highest BCUT2D eigenvalue weighted by molar-refractivity contribution is 6.31. The predicted octanol–water partition coefficient (Wildman–Crippen LogP) is 4.59. The van der Waals surface area contributed by atoms with E-state index in [1.165, 1.54) is 12.4 Å². The maximum absolute atomic E-state index is 12.2. The van der Waals surface area contributed by atoms with E-state index in [4.69, 9.17) is 16.3 Å². The summed E-state index contributed by atoms with van der Waals surface area (Å²) in [5, 5.41) is 6.53. The molecule has 6 nitrogen and oxygen atoms in total. The molecule has 0 spiro atoms. The van der Waals surface area contributed by atoms with E-state index >= 15 is 0 Å². The second kappa shape index (κ2) is 9.19. The van der Waals surface area contributed by atoms with Gasteiger partial charge in [0.2, 0.25) is 0 Å². The van der Waals surface area contributed by atoms with E-state index in [9.17, 15) is 4.79 Å². The molecule has 0 saturated carbocycles. The van der Waals surface area contributed by atoms with Crippen LogP contribution in [0, 0.1) is 0 Å². The van der Waals surface area contributed by atoms with Gasteiger partial charge in [-0.2, -0.15) is 0 Å². The van der Waals surface area contributed by atoms with Gasteiger partial charge in [0.15, 0.2) is 0 Å². The number of aromatic nitrogens is 2. The Morgan fingerprint density at radius 3 is 2.46 bits per heavy atom. The monoisotopic (exact) mass is 396 g/mol. The summed E-state index contributed by atoms with van der Waals surface area (Å²) in [5.74, 6) is 1.03. The van der Waals surface area contributed by atoms with Crippen LogP contribution in [0.3, 0.4) is 0 Å². The smallest absolute Gasteiger partial charge is 0.271 e. The molecular weight excluding hydrogens is 376 g/mol. The fourth-order valence-corrected chi connectivity index (χ4v) is 2.66. The summed E-state index contributed by atoms with van der Waals surface area (Å²) >= 11 is 6.09. The standard InChI is InChI=1S/C21H21ClN4O2/c1-14(2)28-17-9-7-16(8-10-17)26-20-13-23-19(12-24-20)21(27)25-11-15-5-3-4-6-18(15)22/h3-10,12-14H,11H2,1-2H3,(H,24,26)(H,25,27). The van der Waals surface area contributed by atoms with Crippen molar-refractivity contribution in [2.75, 3.05) is 5.32 Å². The summed E-state index contributed by atoms with van der Waals surface area (Å²) in [4.78, 5) is 20.7. The molecule has 1 amide bonds. The molecule has 0 saturated heterocycles. The molecule has 0 aliphatic carbocycles. The van der Waals surface area contributed by atoms with Crippen molar-refractivity contribution >= 4 is 29.0 Å². The highest BCUT2D eigenvalue weighted by atomic mass is 35.5. The molecule has 3 aromatic rings. The first-order valence-electron chi connectivity index (χ1n) is 8.88. The molecule has 0 bridgehead atoms. The molecule has 2 aromatic carbocycles. The van der Waals surface area contributed by atoms with E-state index in [1.807, 2.05) is 56.3 Å². The first kappa shape index (κ1) is 19.6. The van der Waals surface area contributed by atoms with Crippen LogP contribution in [0.15, 0.2) is 60.9 Å². The number of benzene rings is 2. The number of hydrogen-bond acceptors (Lipinski definition) is 5. The van der Waals surface area contributed by atoms with Crippen molar-refractivity contribution in [1.29, 1.82) is 0 Å². The van der Waals surface area contributed by atoms with Gasteiger partial charge in [-0.25, -0.2) is 9.97 Å². The Morgan fingerprint density at radius 1 is 1.07 bits per heavy atom. The normalized spacial score (nSPS) is 10.6. The van der Waals surface area contributed by atoms with E-state index in [0.717, 1.165) is 17.0 Å². The molecule has 144 valence electrons. The van der Waals surface area contributed by atoms with Crippen LogP contribution in [0.1, 0.15) is 29.9 Å². The Labute approximate surface area is 168 Å². The van der Waals surface area contributed by atoms with Gasteiger partial charge in [0.1, 0.15) is 17.3 Å². The van der Waals surface area contributed by atoms with Gasteiger partial charge in [-0.3, -0.25) is 4.79 Å². The molecule has 3 rings (SSSR count). The summed E-state index contributed by atoms with van der Waals surface area (Å²) in [6, 6.07) is 14.9. The molecule has 28 heavy (non-hydrogen) atoms. The highest BCUT2D eigenvalue weighted by Gasteiger charge is 2.09. The maximum atomic E-state index is 12.2. The van der Waals surface area contributed by atoms with Crippen LogP contribution in [0.25, 0.3) is 0 Å². The van der Waals surface area contributed by atoms with Gasteiger partial charge in [0.05, 0.1) is 18.5 Å². The molecule has 2 N–H and O–H groups in total. The van der Waals surface area contributed by atoms with Crippen LogP contribution >= 0.6 is 11.6 Å². The van der Waals surface area contributed by atoms with Crippen LogP contribution in [-0.4, -0.2) is 22.0 Å². The predicted molar refractivity (Wildman–Crippen MR) is 110 cm³/mol. The summed E-state index contributed by atoms with van der Waals surface area (Å²) in [7, 11) is 0. The van der Waals surface area contributed by atoms with E-state index in [-0.39, 0.29) is 17.7 Å². The zero-order valence-corrected chi connectivity index (χ0v) is 16.4. The summed E-state index contributed by atoms with van der Waals surface area (Å²) in [5.41, 5.74) is 1.92. The zero-order valence-electron chi connectivity index (χ0n) is 15.6. The first-order chi connectivity index (χ1) is 13.5. The number of nitrogens with zero attached hydrogens (tertiary/aromatic N) is 2. The fourth-order valence-electron chi connectivity index (χ4n) is 2.45. The largest absolute Gasteiger partial charge is 0.491 e. The van der Waals surface area contributed by atoms with Gasteiger partial charge in [-0.05, 0) is 49.7 Å². The van der Waals surface area contributed by atoms with Crippen molar-refractivity contribution in [3.63, 3.8) is 0 Å². The number of nitrogens with one attached hydrogen (secondary N) is 2. The van der Waals surface area contributed by atoms with E-state index < -0.39 is 0 Å². The van der Waals surface area contributed by atoms with Gasteiger partial charge < -0.3 is 15.4 Å². The second-order valence-electron chi connectivity index (χ2n) is 6.38. The van der Waals surface area contributed by atoms with Gasteiger partial charge in [0.25, 0.3) is 5.91 Å². The Bertz CT molecular complexity index is 928. The van der Waals surface area contributed by atoms with Crippen molar-refractivity contribution in [2.24, 2.45) is 0 Å². The lowest BCUT2D eigenvalue weighted by Crippen LogP contribution is -2.24. The Hall–Kier alpha value is -3.12. The fraction of sp³-hybridized carbons (Fsp3) is 0.190. The Kier molecular flexibility index (Phi) is 6.45. The number of amides is 1. The third-order valence-electron chi connectivity index (χ3n) is 3.78. The molecule has 1 aromatic heterocycles. The molecule has 0 fully saturated rings. The SMILES string of the molecule is CC(C)Oc1ccc(Nc2cnc(C(=O)NCc3ccccc3Cl)cn2)cc1. The van der Waals surface area contributed by atoms with Gasteiger partial charge in [-0.15, -0.1) is 0 Å². The van der Waals surface area contributed by atoms with Crippen molar-refractivity contribution in [3.8, 4) is 5.75 Å². The zero-order chi connectivity index (χ0) is 19.9. The van der Waals surface area contributed by atoms with Crippen LogP contribution in [0.5, 0.6) is 5.75 Å².